The lowest BCUT2D eigenvalue weighted by Gasteiger charge is -2.30. The maximum absolute atomic E-state index is 12.9. The molecule has 0 bridgehead atoms. The van der Waals surface area contributed by atoms with Crippen molar-refractivity contribution in [3.8, 4) is 0 Å². The van der Waals surface area contributed by atoms with Crippen LogP contribution in [0.2, 0.25) is 0 Å². The standard InChI is InChI=1S/C14H19F3N2O/c1-11(10-19-6-8-20-9-7-19)18-13-5-3-2-4-12(13)14(15,16)17/h2-5,11,18H,6-10H2,1H3. The number of benzene rings is 1. The SMILES string of the molecule is CC(CN1CCOCC1)Nc1ccccc1C(F)(F)F. The van der Waals surface area contributed by atoms with E-state index in [1.807, 2.05) is 6.92 Å². The average Bonchev–Trinajstić information content (AvgIpc) is 2.39. The molecule has 3 nitrogen and oxygen atoms in total. The number of hydrogen-bond donors (Lipinski definition) is 1. The Hall–Kier alpha value is -1.27. The summed E-state index contributed by atoms with van der Waals surface area (Å²) in [5.74, 6) is 0. The summed E-state index contributed by atoms with van der Waals surface area (Å²) in [7, 11) is 0. The second-order valence-corrected chi connectivity index (χ2v) is 5.00. The number of halogens is 3. The van der Waals surface area contributed by atoms with Gasteiger partial charge in [0.05, 0.1) is 18.8 Å². The molecule has 0 spiro atoms. The molecular formula is C14H19F3N2O. The van der Waals surface area contributed by atoms with Crippen LogP contribution in [0.4, 0.5) is 18.9 Å². The summed E-state index contributed by atoms with van der Waals surface area (Å²) in [5.41, 5.74) is -0.477. The van der Waals surface area contributed by atoms with E-state index in [2.05, 4.69) is 10.2 Å². The van der Waals surface area contributed by atoms with Gasteiger partial charge in [0.15, 0.2) is 0 Å². The topological polar surface area (TPSA) is 24.5 Å². The van der Waals surface area contributed by atoms with Crippen LogP contribution in [-0.2, 0) is 10.9 Å². The van der Waals surface area contributed by atoms with E-state index in [1.165, 1.54) is 12.1 Å². The largest absolute Gasteiger partial charge is 0.418 e. The first-order chi connectivity index (χ1) is 9.47. The molecule has 1 N–H and O–H groups in total. The highest BCUT2D eigenvalue weighted by Gasteiger charge is 2.33. The Morgan fingerprint density at radius 3 is 2.55 bits per heavy atom. The van der Waals surface area contributed by atoms with E-state index in [4.69, 9.17) is 4.74 Å². The van der Waals surface area contributed by atoms with E-state index < -0.39 is 11.7 Å². The van der Waals surface area contributed by atoms with Gasteiger partial charge in [-0.2, -0.15) is 13.2 Å². The Bertz CT molecular complexity index is 431. The summed E-state index contributed by atoms with van der Waals surface area (Å²) in [4.78, 5) is 2.19. The molecule has 1 fully saturated rings. The maximum atomic E-state index is 12.9. The molecule has 112 valence electrons. The number of ether oxygens (including phenoxy) is 1. The van der Waals surface area contributed by atoms with E-state index in [0.29, 0.717) is 19.8 Å². The molecule has 1 aliphatic heterocycles. The summed E-state index contributed by atoms with van der Waals surface area (Å²) in [6.45, 7) is 5.62. The number of nitrogens with one attached hydrogen (secondary N) is 1. The fraction of sp³-hybridized carbons (Fsp3) is 0.571. The van der Waals surface area contributed by atoms with Crippen LogP contribution in [0.15, 0.2) is 24.3 Å². The van der Waals surface area contributed by atoms with Gasteiger partial charge in [0, 0.05) is 31.4 Å². The minimum atomic E-state index is -4.33. The first-order valence-corrected chi connectivity index (χ1v) is 6.69. The third kappa shape index (κ3) is 4.11. The van der Waals surface area contributed by atoms with Gasteiger partial charge in [-0.1, -0.05) is 12.1 Å². The van der Waals surface area contributed by atoms with Gasteiger partial charge in [0.1, 0.15) is 0 Å². The molecular weight excluding hydrogens is 269 g/mol. The lowest BCUT2D eigenvalue weighted by Crippen LogP contribution is -2.42. The highest BCUT2D eigenvalue weighted by atomic mass is 19.4. The predicted octanol–water partition coefficient (Wildman–Crippen LogP) is 2.84. The summed E-state index contributed by atoms with van der Waals surface area (Å²) >= 11 is 0. The number of hydrogen-bond acceptors (Lipinski definition) is 3. The number of rotatable bonds is 4. The zero-order valence-electron chi connectivity index (χ0n) is 11.4. The Labute approximate surface area is 116 Å². The minimum Gasteiger partial charge on any atom is -0.381 e. The van der Waals surface area contributed by atoms with E-state index in [-0.39, 0.29) is 11.7 Å². The summed E-state index contributed by atoms with van der Waals surface area (Å²) in [5, 5.41) is 2.96. The maximum Gasteiger partial charge on any atom is 0.418 e. The van der Waals surface area contributed by atoms with Gasteiger partial charge < -0.3 is 10.1 Å². The van der Waals surface area contributed by atoms with Crippen molar-refractivity contribution in [1.82, 2.24) is 4.90 Å². The van der Waals surface area contributed by atoms with E-state index in [1.54, 1.807) is 6.07 Å². The Balaban J connectivity index is 1.98. The Morgan fingerprint density at radius 1 is 1.25 bits per heavy atom. The van der Waals surface area contributed by atoms with Gasteiger partial charge in [-0.15, -0.1) is 0 Å². The van der Waals surface area contributed by atoms with Crippen molar-refractivity contribution in [2.75, 3.05) is 38.2 Å². The number of alkyl halides is 3. The molecule has 1 atom stereocenters. The first-order valence-electron chi connectivity index (χ1n) is 6.69. The van der Waals surface area contributed by atoms with Crippen LogP contribution in [0.1, 0.15) is 12.5 Å². The molecule has 0 aromatic heterocycles. The molecule has 1 unspecified atom stereocenters. The van der Waals surface area contributed by atoms with Crippen LogP contribution in [0.5, 0.6) is 0 Å². The van der Waals surface area contributed by atoms with E-state index in [9.17, 15) is 13.2 Å². The van der Waals surface area contributed by atoms with Crippen molar-refractivity contribution in [2.24, 2.45) is 0 Å². The third-order valence-corrected chi connectivity index (χ3v) is 3.27. The molecule has 1 heterocycles. The van der Waals surface area contributed by atoms with Crippen LogP contribution in [0, 0.1) is 0 Å². The van der Waals surface area contributed by atoms with Crippen molar-refractivity contribution in [3.63, 3.8) is 0 Å². The highest BCUT2D eigenvalue weighted by molar-refractivity contribution is 5.53. The number of nitrogens with zero attached hydrogens (tertiary/aromatic N) is 1. The highest BCUT2D eigenvalue weighted by Crippen LogP contribution is 2.34. The van der Waals surface area contributed by atoms with E-state index in [0.717, 1.165) is 19.2 Å². The molecule has 0 saturated carbocycles. The second-order valence-electron chi connectivity index (χ2n) is 5.00. The van der Waals surface area contributed by atoms with E-state index >= 15 is 0 Å². The lowest BCUT2D eigenvalue weighted by atomic mass is 10.1. The molecule has 6 heteroatoms. The normalized spacial score (nSPS) is 18.8. The third-order valence-electron chi connectivity index (χ3n) is 3.27. The Morgan fingerprint density at radius 2 is 1.90 bits per heavy atom. The first kappa shape index (κ1) is 15.1. The smallest absolute Gasteiger partial charge is 0.381 e. The number of anilines is 1. The molecule has 0 radical (unpaired) electrons. The summed E-state index contributed by atoms with van der Waals surface area (Å²) in [6.07, 6.45) is -4.33. The van der Waals surface area contributed by atoms with Crippen LogP contribution in [0.25, 0.3) is 0 Å². The molecule has 20 heavy (non-hydrogen) atoms. The van der Waals surface area contributed by atoms with Gasteiger partial charge in [0.2, 0.25) is 0 Å². The van der Waals surface area contributed by atoms with Crippen molar-refractivity contribution < 1.29 is 17.9 Å². The van der Waals surface area contributed by atoms with Crippen LogP contribution in [-0.4, -0.2) is 43.8 Å². The molecule has 1 saturated heterocycles. The minimum absolute atomic E-state index is 0.0587. The van der Waals surface area contributed by atoms with Gasteiger partial charge in [-0.05, 0) is 19.1 Å². The fourth-order valence-corrected chi connectivity index (χ4v) is 2.34. The zero-order chi connectivity index (χ0) is 14.6. The summed E-state index contributed by atoms with van der Waals surface area (Å²) in [6, 6.07) is 5.53. The molecule has 1 aromatic carbocycles. The van der Waals surface area contributed by atoms with Gasteiger partial charge >= 0.3 is 6.18 Å². The molecule has 2 rings (SSSR count). The van der Waals surface area contributed by atoms with Crippen molar-refractivity contribution in [3.05, 3.63) is 29.8 Å². The van der Waals surface area contributed by atoms with Crippen molar-refractivity contribution in [1.29, 1.82) is 0 Å². The van der Waals surface area contributed by atoms with Crippen LogP contribution < -0.4 is 5.32 Å². The second kappa shape index (κ2) is 6.45. The fourth-order valence-electron chi connectivity index (χ4n) is 2.34. The van der Waals surface area contributed by atoms with Gasteiger partial charge in [-0.25, -0.2) is 0 Å². The van der Waals surface area contributed by atoms with Gasteiger partial charge in [-0.3, -0.25) is 4.90 Å². The van der Waals surface area contributed by atoms with Gasteiger partial charge in [0.25, 0.3) is 0 Å². The predicted molar refractivity (Wildman–Crippen MR) is 71.8 cm³/mol. The zero-order valence-corrected chi connectivity index (χ0v) is 11.4. The summed E-state index contributed by atoms with van der Waals surface area (Å²) < 4.78 is 43.9. The van der Waals surface area contributed by atoms with Crippen molar-refractivity contribution >= 4 is 5.69 Å². The van der Waals surface area contributed by atoms with Crippen molar-refractivity contribution in [2.45, 2.75) is 19.1 Å². The van der Waals surface area contributed by atoms with Crippen LogP contribution in [0.3, 0.4) is 0 Å². The number of para-hydroxylation sites is 1. The molecule has 1 aliphatic rings. The Kier molecular flexibility index (Phi) is 4.88. The lowest BCUT2D eigenvalue weighted by molar-refractivity contribution is -0.137. The quantitative estimate of drug-likeness (QED) is 0.922. The van der Waals surface area contributed by atoms with Crippen LogP contribution >= 0.6 is 0 Å². The molecule has 1 aromatic rings. The molecule has 0 amide bonds. The molecule has 0 aliphatic carbocycles. The monoisotopic (exact) mass is 288 g/mol. The average molecular weight is 288 g/mol. The number of morpholine rings is 1.